The van der Waals surface area contributed by atoms with Crippen LogP contribution in [0.5, 0.6) is 0 Å². The van der Waals surface area contributed by atoms with Gasteiger partial charge in [-0.05, 0) is 12.8 Å². The molecule has 1 aliphatic rings. The predicted octanol–water partition coefficient (Wildman–Crippen LogP) is 1.18. The molecule has 1 rings (SSSR count). The Balaban J connectivity index is 2.62. The first-order chi connectivity index (χ1) is 9.33. The van der Waals surface area contributed by atoms with E-state index in [9.17, 15) is 14.4 Å². The lowest BCUT2D eigenvalue weighted by molar-refractivity contribution is -0.147. The molecule has 0 aromatic carbocycles. The van der Waals surface area contributed by atoms with Crippen LogP contribution in [0.4, 0.5) is 0 Å². The topological polar surface area (TPSA) is 91.4 Å². The van der Waals surface area contributed by atoms with Crippen molar-refractivity contribution in [1.82, 2.24) is 0 Å². The van der Waals surface area contributed by atoms with Gasteiger partial charge in [0.2, 0.25) is 0 Å². The fourth-order valence-corrected chi connectivity index (χ4v) is 4.25. The molecule has 114 valence electrons. The summed E-state index contributed by atoms with van der Waals surface area (Å²) >= 11 is 0. The van der Waals surface area contributed by atoms with Gasteiger partial charge < -0.3 is 18.0 Å². The van der Waals surface area contributed by atoms with Crippen molar-refractivity contribution >= 4 is 26.7 Å². The number of hydrogen-bond donors (Lipinski definition) is 0. The van der Waals surface area contributed by atoms with Crippen molar-refractivity contribution in [3.63, 3.8) is 0 Å². The Bertz CT molecular complexity index is 337. The van der Waals surface area contributed by atoms with E-state index in [4.69, 9.17) is 18.0 Å². The summed E-state index contributed by atoms with van der Waals surface area (Å²) in [4.78, 5) is 33.5. The van der Waals surface area contributed by atoms with Gasteiger partial charge in [0, 0.05) is 20.8 Å². The van der Waals surface area contributed by atoms with E-state index in [2.05, 4.69) is 0 Å². The van der Waals surface area contributed by atoms with Crippen LogP contribution < -0.4 is 0 Å². The number of carbonyl (C=O) groups is 3. The van der Waals surface area contributed by atoms with Gasteiger partial charge in [0.25, 0.3) is 17.9 Å². The van der Waals surface area contributed by atoms with Gasteiger partial charge in [-0.1, -0.05) is 6.42 Å². The highest BCUT2D eigenvalue weighted by Crippen LogP contribution is 2.23. The molecular formula is C12H20O7Si. The fourth-order valence-electron chi connectivity index (χ4n) is 1.82. The second kappa shape index (κ2) is 7.39. The molecule has 0 aromatic rings. The van der Waals surface area contributed by atoms with Gasteiger partial charge in [0.15, 0.2) is 0 Å². The minimum absolute atomic E-state index is 0.235. The Morgan fingerprint density at radius 3 is 1.80 bits per heavy atom. The lowest BCUT2D eigenvalue weighted by Crippen LogP contribution is -2.49. The molecule has 1 saturated heterocycles. The van der Waals surface area contributed by atoms with Gasteiger partial charge in [-0.3, -0.25) is 14.4 Å². The molecule has 0 aromatic heterocycles. The van der Waals surface area contributed by atoms with Crippen LogP contribution in [0.15, 0.2) is 0 Å². The molecule has 20 heavy (non-hydrogen) atoms. The van der Waals surface area contributed by atoms with E-state index < -0.39 is 26.7 Å². The molecule has 0 amide bonds. The first-order valence-corrected chi connectivity index (χ1v) is 8.46. The Hall–Kier alpha value is -1.41. The largest absolute Gasteiger partial charge is 0.705 e. The Morgan fingerprint density at radius 1 is 1.00 bits per heavy atom. The van der Waals surface area contributed by atoms with Gasteiger partial charge in [0.05, 0.1) is 18.8 Å². The van der Waals surface area contributed by atoms with Gasteiger partial charge in [-0.25, -0.2) is 0 Å². The monoisotopic (exact) mass is 304 g/mol. The molecule has 0 bridgehead atoms. The van der Waals surface area contributed by atoms with Gasteiger partial charge in [-0.15, -0.1) is 0 Å². The Morgan fingerprint density at radius 2 is 1.45 bits per heavy atom. The molecular weight excluding hydrogens is 284 g/mol. The van der Waals surface area contributed by atoms with Crippen molar-refractivity contribution in [2.75, 3.05) is 6.61 Å². The second-order valence-electron chi connectivity index (χ2n) is 4.67. The van der Waals surface area contributed by atoms with Gasteiger partial charge in [-0.2, -0.15) is 0 Å². The molecule has 1 aliphatic heterocycles. The molecule has 0 saturated carbocycles. The molecule has 0 N–H and O–H groups in total. The van der Waals surface area contributed by atoms with E-state index in [0.29, 0.717) is 12.5 Å². The standard InChI is InChI=1S/C12H20O7Si/c1-9(13)17-20(18-10(2)14,19-11(3)15)7-5-4-6-12-8-16-12/h12H,4-8H2,1-3H3. The van der Waals surface area contributed by atoms with Crippen LogP contribution in [0, 0.1) is 0 Å². The average molecular weight is 304 g/mol. The van der Waals surface area contributed by atoms with Crippen molar-refractivity contribution < 1.29 is 32.4 Å². The lowest BCUT2D eigenvalue weighted by atomic mass is 10.2. The predicted molar refractivity (Wildman–Crippen MR) is 69.5 cm³/mol. The molecule has 0 aliphatic carbocycles. The molecule has 1 atom stereocenters. The second-order valence-corrected chi connectivity index (χ2v) is 7.14. The third-order valence-corrected chi connectivity index (χ3v) is 5.32. The third-order valence-electron chi connectivity index (χ3n) is 2.56. The van der Waals surface area contributed by atoms with E-state index >= 15 is 0 Å². The highest BCUT2D eigenvalue weighted by Gasteiger charge is 2.51. The third kappa shape index (κ3) is 6.67. The van der Waals surface area contributed by atoms with E-state index in [-0.39, 0.29) is 6.04 Å². The fraction of sp³-hybridized carbons (Fsp3) is 0.750. The number of carbonyl (C=O) groups excluding carboxylic acids is 3. The molecule has 0 radical (unpaired) electrons. The average Bonchev–Trinajstić information content (AvgIpc) is 3.04. The van der Waals surface area contributed by atoms with E-state index in [0.717, 1.165) is 19.4 Å². The van der Waals surface area contributed by atoms with E-state index in [1.54, 1.807) is 0 Å². The zero-order valence-corrected chi connectivity index (χ0v) is 13.0. The molecule has 1 unspecified atom stereocenters. The minimum Gasteiger partial charge on any atom is -0.455 e. The number of hydrogen-bond acceptors (Lipinski definition) is 7. The van der Waals surface area contributed by atoms with E-state index in [1.807, 2.05) is 0 Å². The summed E-state index contributed by atoms with van der Waals surface area (Å²) in [5.41, 5.74) is 0. The first-order valence-electron chi connectivity index (χ1n) is 6.53. The molecule has 7 nitrogen and oxygen atoms in total. The quantitative estimate of drug-likeness (QED) is 0.378. The summed E-state index contributed by atoms with van der Waals surface area (Å²) in [6.07, 6.45) is 2.65. The zero-order chi connectivity index (χ0) is 15.2. The first kappa shape index (κ1) is 16.6. The van der Waals surface area contributed by atoms with E-state index in [1.165, 1.54) is 20.8 Å². The van der Waals surface area contributed by atoms with Crippen LogP contribution in [0.25, 0.3) is 0 Å². The van der Waals surface area contributed by atoms with Crippen molar-refractivity contribution in [2.24, 2.45) is 0 Å². The van der Waals surface area contributed by atoms with Crippen LogP contribution in [0.3, 0.4) is 0 Å². The van der Waals surface area contributed by atoms with Crippen molar-refractivity contribution in [3.8, 4) is 0 Å². The maximum absolute atomic E-state index is 11.2. The minimum atomic E-state index is -3.63. The van der Waals surface area contributed by atoms with Crippen molar-refractivity contribution in [1.29, 1.82) is 0 Å². The number of rotatable bonds is 8. The number of unbranched alkanes of at least 4 members (excludes halogenated alkanes) is 1. The summed E-state index contributed by atoms with van der Waals surface area (Å²) in [6, 6.07) is 0.235. The molecule has 8 heteroatoms. The smallest absolute Gasteiger partial charge is 0.455 e. The summed E-state index contributed by atoms with van der Waals surface area (Å²) in [5.74, 6) is -1.90. The van der Waals surface area contributed by atoms with Crippen LogP contribution >= 0.6 is 0 Å². The highest BCUT2D eigenvalue weighted by atomic mass is 28.4. The maximum Gasteiger partial charge on any atom is 0.705 e. The van der Waals surface area contributed by atoms with Crippen LogP contribution in [-0.2, 0) is 32.4 Å². The number of epoxide rings is 1. The molecule has 1 fully saturated rings. The molecule has 0 spiro atoms. The summed E-state index contributed by atoms with van der Waals surface area (Å²) in [5, 5.41) is 0. The number of ether oxygens (including phenoxy) is 1. The van der Waals surface area contributed by atoms with Crippen molar-refractivity contribution in [3.05, 3.63) is 0 Å². The maximum atomic E-state index is 11.2. The van der Waals surface area contributed by atoms with Gasteiger partial charge in [0.1, 0.15) is 0 Å². The summed E-state index contributed by atoms with van der Waals surface area (Å²) in [7, 11) is -3.63. The zero-order valence-electron chi connectivity index (χ0n) is 12.0. The molecule has 1 heterocycles. The van der Waals surface area contributed by atoms with Crippen LogP contribution in [0.2, 0.25) is 6.04 Å². The Labute approximate surface area is 118 Å². The normalized spacial score (nSPS) is 17.2. The van der Waals surface area contributed by atoms with Crippen LogP contribution in [-0.4, -0.2) is 39.4 Å². The van der Waals surface area contributed by atoms with Crippen LogP contribution in [0.1, 0.15) is 40.0 Å². The highest BCUT2D eigenvalue weighted by molar-refractivity contribution is 6.65. The lowest BCUT2D eigenvalue weighted by Gasteiger charge is -2.26. The van der Waals surface area contributed by atoms with Crippen molar-refractivity contribution in [2.45, 2.75) is 52.2 Å². The summed E-state index contributed by atoms with van der Waals surface area (Å²) in [6.45, 7) is 4.34. The van der Waals surface area contributed by atoms with Gasteiger partial charge >= 0.3 is 8.80 Å². The Kier molecular flexibility index (Phi) is 6.15. The SMILES string of the molecule is CC(=O)O[Si](CCCCC1CO1)(OC(C)=O)OC(C)=O. The summed E-state index contributed by atoms with van der Waals surface area (Å²) < 4.78 is 20.3.